The lowest BCUT2D eigenvalue weighted by Crippen LogP contribution is -2.48. The van der Waals surface area contributed by atoms with E-state index in [1.807, 2.05) is 12.1 Å². The molecule has 2 aliphatic rings. The molecule has 2 atom stereocenters. The molecule has 2 N–H and O–H groups in total. The Morgan fingerprint density at radius 3 is 2.43 bits per heavy atom. The molecular weight excluding hydrogens is 378 g/mol. The molecule has 0 fully saturated rings. The van der Waals surface area contributed by atoms with Crippen LogP contribution in [-0.2, 0) is 0 Å². The first-order valence-electron chi connectivity index (χ1n) is 9.88. The van der Waals surface area contributed by atoms with Crippen LogP contribution in [0.25, 0.3) is 0 Å². The van der Waals surface area contributed by atoms with Crippen molar-refractivity contribution in [2.45, 2.75) is 19.3 Å². The average Bonchev–Trinajstić information content (AvgIpc) is 2.78. The summed E-state index contributed by atoms with van der Waals surface area (Å²) in [7, 11) is 3.10. The smallest absolute Gasteiger partial charge is 0.191 e. The molecule has 1 aliphatic heterocycles. The molecule has 0 saturated heterocycles. The van der Waals surface area contributed by atoms with Crippen molar-refractivity contribution in [2.24, 2.45) is 17.1 Å². The second-order valence-electron chi connectivity index (χ2n) is 7.55. The van der Waals surface area contributed by atoms with Gasteiger partial charge in [-0.05, 0) is 36.2 Å². The predicted octanol–water partition coefficient (Wildman–Crippen LogP) is 2.84. The monoisotopic (exact) mass is 403 g/mol. The van der Waals surface area contributed by atoms with Gasteiger partial charge >= 0.3 is 0 Å². The molecule has 154 valence electrons. The number of nitriles is 3. The molecule has 0 amide bonds. The van der Waals surface area contributed by atoms with E-state index in [4.69, 9.17) is 15.2 Å². The van der Waals surface area contributed by atoms with Crippen molar-refractivity contribution in [2.75, 3.05) is 33.9 Å². The highest BCUT2D eigenvalue weighted by Crippen LogP contribution is 2.54. The SMILES string of the molecule is CCCN1CC=C2C(C#N)=C(N)C(C#N)(C#N)[C@@H](c3ccc(OC)c(OC)c3)[C@H]2C1. The summed E-state index contributed by atoms with van der Waals surface area (Å²) >= 11 is 0. The fourth-order valence-corrected chi connectivity index (χ4v) is 4.66. The van der Waals surface area contributed by atoms with E-state index < -0.39 is 11.3 Å². The van der Waals surface area contributed by atoms with Gasteiger partial charge in [0.1, 0.15) is 6.07 Å². The topological polar surface area (TPSA) is 119 Å². The zero-order chi connectivity index (χ0) is 21.9. The Morgan fingerprint density at radius 2 is 1.87 bits per heavy atom. The fourth-order valence-electron chi connectivity index (χ4n) is 4.66. The number of nitrogens with two attached hydrogens (primary N) is 1. The summed E-state index contributed by atoms with van der Waals surface area (Å²) in [4.78, 5) is 2.28. The second-order valence-corrected chi connectivity index (χ2v) is 7.55. The fraction of sp³-hybridized carbons (Fsp3) is 0.435. The van der Waals surface area contributed by atoms with E-state index in [-0.39, 0.29) is 17.2 Å². The van der Waals surface area contributed by atoms with Crippen LogP contribution in [-0.4, -0.2) is 38.8 Å². The van der Waals surface area contributed by atoms with Crippen molar-refractivity contribution in [3.05, 3.63) is 46.7 Å². The molecule has 1 aromatic rings. The number of hydrogen-bond acceptors (Lipinski definition) is 7. The standard InChI is InChI=1S/C23H25N5O2/c1-4-8-28-9-7-16-17(11-24)22(27)23(13-25,14-26)21(18(16)12-28)15-5-6-19(29-2)20(10-15)30-3/h5-7,10,18,21H,4,8-9,12,27H2,1-3H3/t18-,21-/m0/s1. The lowest BCUT2D eigenvalue weighted by Gasteiger charge is -2.45. The lowest BCUT2D eigenvalue weighted by atomic mass is 9.58. The van der Waals surface area contributed by atoms with Crippen LogP contribution < -0.4 is 15.2 Å². The van der Waals surface area contributed by atoms with Gasteiger partial charge in [0.2, 0.25) is 0 Å². The van der Waals surface area contributed by atoms with Gasteiger partial charge in [-0.2, -0.15) is 15.8 Å². The molecule has 0 radical (unpaired) electrons. The van der Waals surface area contributed by atoms with Gasteiger partial charge in [0, 0.05) is 24.9 Å². The molecule has 7 heteroatoms. The summed E-state index contributed by atoms with van der Waals surface area (Å²) in [5.74, 6) is 0.310. The first kappa shape index (κ1) is 21.2. The minimum atomic E-state index is -1.65. The van der Waals surface area contributed by atoms with Gasteiger partial charge < -0.3 is 15.2 Å². The Bertz CT molecular complexity index is 1010. The number of ether oxygens (including phenoxy) is 2. The maximum Gasteiger partial charge on any atom is 0.191 e. The molecule has 30 heavy (non-hydrogen) atoms. The predicted molar refractivity (Wildman–Crippen MR) is 111 cm³/mol. The van der Waals surface area contributed by atoms with Crippen molar-refractivity contribution in [1.82, 2.24) is 4.90 Å². The third kappa shape index (κ3) is 3.16. The molecule has 1 heterocycles. The van der Waals surface area contributed by atoms with Crippen LogP contribution in [0.1, 0.15) is 24.8 Å². The summed E-state index contributed by atoms with van der Waals surface area (Å²) < 4.78 is 10.8. The quantitative estimate of drug-likeness (QED) is 0.803. The molecule has 1 aliphatic carbocycles. The highest BCUT2D eigenvalue weighted by atomic mass is 16.5. The minimum absolute atomic E-state index is 0.0289. The molecular formula is C23H25N5O2. The summed E-state index contributed by atoms with van der Waals surface area (Å²) in [6.07, 6.45) is 3.00. The van der Waals surface area contributed by atoms with Crippen molar-refractivity contribution in [3.8, 4) is 29.7 Å². The van der Waals surface area contributed by atoms with Crippen LogP contribution in [0, 0.1) is 45.3 Å². The van der Waals surface area contributed by atoms with Gasteiger partial charge in [-0.25, -0.2) is 0 Å². The molecule has 3 rings (SSSR count). The van der Waals surface area contributed by atoms with Crippen LogP contribution >= 0.6 is 0 Å². The van der Waals surface area contributed by atoms with Gasteiger partial charge in [-0.1, -0.05) is 19.1 Å². The number of nitrogens with zero attached hydrogens (tertiary/aromatic N) is 4. The van der Waals surface area contributed by atoms with Crippen LogP contribution in [0.3, 0.4) is 0 Å². The number of benzene rings is 1. The Balaban J connectivity index is 2.27. The molecule has 0 aromatic heterocycles. The summed E-state index contributed by atoms with van der Waals surface area (Å²) in [6, 6.07) is 11.9. The highest BCUT2D eigenvalue weighted by molar-refractivity contribution is 5.60. The highest BCUT2D eigenvalue weighted by Gasteiger charge is 2.54. The molecule has 0 bridgehead atoms. The number of hydrogen-bond donors (Lipinski definition) is 1. The summed E-state index contributed by atoms with van der Waals surface area (Å²) in [6.45, 7) is 4.36. The van der Waals surface area contributed by atoms with Gasteiger partial charge in [-0.3, -0.25) is 4.90 Å². The molecule has 7 nitrogen and oxygen atoms in total. The third-order valence-corrected chi connectivity index (χ3v) is 6.05. The minimum Gasteiger partial charge on any atom is -0.493 e. The number of fused-ring (bicyclic) bond motifs is 1. The van der Waals surface area contributed by atoms with E-state index in [0.29, 0.717) is 24.6 Å². The van der Waals surface area contributed by atoms with Crippen molar-refractivity contribution >= 4 is 0 Å². The van der Waals surface area contributed by atoms with Gasteiger partial charge in [0.25, 0.3) is 0 Å². The average molecular weight is 403 g/mol. The Kier molecular flexibility index (Phi) is 6.01. The zero-order valence-corrected chi connectivity index (χ0v) is 17.5. The van der Waals surface area contributed by atoms with Crippen LogP contribution in [0.4, 0.5) is 0 Å². The normalized spacial score (nSPS) is 22.7. The van der Waals surface area contributed by atoms with E-state index in [1.165, 1.54) is 0 Å². The maximum absolute atomic E-state index is 10.2. The maximum atomic E-state index is 10.2. The van der Waals surface area contributed by atoms with Crippen molar-refractivity contribution < 1.29 is 9.47 Å². The third-order valence-electron chi connectivity index (χ3n) is 6.05. The van der Waals surface area contributed by atoms with Crippen molar-refractivity contribution in [3.63, 3.8) is 0 Å². The van der Waals surface area contributed by atoms with Crippen molar-refractivity contribution in [1.29, 1.82) is 15.8 Å². The first-order valence-corrected chi connectivity index (χ1v) is 9.88. The Labute approximate surface area is 177 Å². The molecule has 0 saturated carbocycles. The van der Waals surface area contributed by atoms with E-state index in [9.17, 15) is 15.8 Å². The van der Waals surface area contributed by atoms with E-state index in [1.54, 1.807) is 26.4 Å². The van der Waals surface area contributed by atoms with E-state index >= 15 is 0 Å². The second kappa shape index (κ2) is 8.49. The molecule has 0 spiro atoms. The molecule has 1 aromatic carbocycles. The number of allylic oxidation sites excluding steroid dienone is 2. The Morgan fingerprint density at radius 1 is 1.17 bits per heavy atom. The summed E-state index contributed by atoms with van der Waals surface area (Å²) in [5.41, 5.74) is 6.56. The van der Waals surface area contributed by atoms with Crippen LogP contribution in [0.15, 0.2) is 41.1 Å². The van der Waals surface area contributed by atoms with Gasteiger partial charge in [0.15, 0.2) is 16.9 Å². The first-order chi connectivity index (χ1) is 14.5. The number of rotatable bonds is 5. The van der Waals surface area contributed by atoms with E-state index in [0.717, 1.165) is 24.1 Å². The Hall–Kier alpha value is -3.47. The summed E-state index contributed by atoms with van der Waals surface area (Å²) in [5, 5.41) is 30.1. The largest absolute Gasteiger partial charge is 0.493 e. The molecule has 0 unspecified atom stereocenters. The zero-order valence-electron chi connectivity index (χ0n) is 17.5. The van der Waals surface area contributed by atoms with Crippen LogP contribution in [0.2, 0.25) is 0 Å². The van der Waals surface area contributed by atoms with Gasteiger partial charge in [-0.15, -0.1) is 0 Å². The van der Waals surface area contributed by atoms with Crippen LogP contribution in [0.5, 0.6) is 11.5 Å². The lowest BCUT2D eigenvalue weighted by molar-refractivity contribution is 0.207. The van der Waals surface area contributed by atoms with Gasteiger partial charge in [0.05, 0.1) is 37.6 Å². The number of methoxy groups -OCH3 is 2. The van der Waals surface area contributed by atoms with E-state index in [2.05, 4.69) is 30.0 Å².